The van der Waals surface area contributed by atoms with Crippen LogP contribution in [0.1, 0.15) is 22.3 Å². The largest absolute Gasteiger partial charge is 0.337 e. The van der Waals surface area contributed by atoms with Crippen LogP contribution in [-0.2, 0) is 0 Å². The highest BCUT2D eigenvalue weighted by atomic mass is 16.6. The van der Waals surface area contributed by atoms with Crippen LogP contribution in [0.5, 0.6) is 0 Å². The van der Waals surface area contributed by atoms with Crippen molar-refractivity contribution in [3.63, 3.8) is 0 Å². The van der Waals surface area contributed by atoms with Crippen molar-refractivity contribution in [1.29, 1.82) is 0 Å². The molecule has 0 aromatic heterocycles. The molecule has 1 aromatic rings. The van der Waals surface area contributed by atoms with Crippen molar-refractivity contribution in [1.82, 2.24) is 9.80 Å². The number of non-ortho nitro benzene ring substituents is 1. The van der Waals surface area contributed by atoms with Crippen LogP contribution >= 0.6 is 0 Å². The number of likely N-dealkylation sites (N-methyl/N-ethyl adjacent to an activating group) is 1. The molecule has 2 rings (SSSR count). The lowest BCUT2D eigenvalue weighted by Gasteiger charge is -2.21. The van der Waals surface area contributed by atoms with Crippen molar-refractivity contribution in [2.75, 3.05) is 33.2 Å². The second kappa shape index (κ2) is 6.69. The number of carbonyl (C=O) groups is 1. The summed E-state index contributed by atoms with van der Waals surface area (Å²) in [4.78, 5) is 37.0. The molecule has 9 nitrogen and oxygen atoms in total. The van der Waals surface area contributed by atoms with Gasteiger partial charge in [0.2, 0.25) is 0 Å². The van der Waals surface area contributed by atoms with E-state index in [-0.39, 0.29) is 11.1 Å². The molecule has 1 fully saturated rings. The maximum absolute atomic E-state index is 12.7. The highest BCUT2D eigenvalue weighted by Crippen LogP contribution is 2.29. The molecular formula is C14H18N4O5. The fourth-order valence-corrected chi connectivity index (χ4v) is 2.62. The van der Waals surface area contributed by atoms with Crippen LogP contribution in [0, 0.1) is 27.2 Å². The minimum Gasteiger partial charge on any atom is -0.337 e. The van der Waals surface area contributed by atoms with E-state index in [1.165, 1.54) is 6.92 Å². The average molecular weight is 322 g/mol. The Labute approximate surface area is 132 Å². The van der Waals surface area contributed by atoms with E-state index >= 15 is 0 Å². The Morgan fingerprint density at radius 2 is 1.78 bits per heavy atom. The number of nitro benzene ring substituents is 2. The zero-order chi connectivity index (χ0) is 17.1. The number of carbonyl (C=O) groups excluding carboxylic acids is 1. The molecular weight excluding hydrogens is 304 g/mol. The van der Waals surface area contributed by atoms with Gasteiger partial charge in [0.25, 0.3) is 17.3 Å². The molecule has 1 heterocycles. The summed E-state index contributed by atoms with van der Waals surface area (Å²) >= 11 is 0. The number of nitrogens with zero attached hydrogens (tertiary/aromatic N) is 4. The van der Waals surface area contributed by atoms with Crippen molar-refractivity contribution in [3.8, 4) is 0 Å². The van der Waals surface area contributed by atoms with Gasteiger partial charge in [-0.1, -0.05) is 0 Å². The normalized spacial score (nSPS) is 16.0. The summed E-state index contributed by atoms with van der Waals surface area (Å²) in [6.07, 6.45) is 0.790. The van der Waals surface area contributed by atoms with E-state index in [1.54, 1.807) is 4.90 Å². The van der Waals surface area contributed by atoms with Crippen LogP contribution in [0.3, 0.4) is 0 Å². The predicted molar refractivity (Wildman–Crippen MR) is 82.5 cm³/mol. The first-order valence-corrected chi connectivity index (χ1v) is 7.22. The van der Waals surface area contributed by atoms with Gasteiger partial charge in [-0.2, -0.15) is 0 Å². The van der Waals surface area contributed by atoms with Gasteiger partial charge in [0.1, 0.15) is 0 Å². The number of hydrogen-bond donors (Lipinski definition) is 0. The van der Waals surface area contributed by atoms with Crippen LogP contribution in [0.2, 0.25) is 0 Å². The van der Waals surface area contributed by atoms with Crippen LogP contribution in [-0.4, -0.2) is 58.8 Å². The third-order valence-corrected chi connectivity index (χ3v) is 4.01. The summed E-state index contributed by atoms with van der Waals surface area (Å²) in [5.41, 5.74) is -0.675. The molecule has 1 amide bonds. The lowest BCUT2D eigenvalue weighted by molar-refractivity contribution is -0.394. The second-order valence-electron chi connectivity index (χ2n) is 5.60. The molecule has 0 saturated carbocycles. The van der Waals surface area contributed by atoms with Gasteiger partial charge in [-0.15, -0.1) is 0 Å². The average Bonchev–Trinajstić information content (AvgIpc) is 2.71. The monoisotopic (exact) mass is 322 g/mol. The fourth-order valence-electron chi connectivity index (χ4n) is 2.62. The summed E-state index contributed by atoms with van der Waals surface area (Å²) in [5, 5.41) is 22.1. The Kier molecular flexibility index (Phi) is 4.89. The van der Waals surface area contributed by atoms with Crippen molar-refractivity contribution >= 4 is 17.3 Å². The number of rotatable bonds is 3. The molecule has 1 aliphatic heterocycles. The number of amides is 1. The molecule has 0 bridgehead atoms. The summed E-state index contributed by atoms with van der Waals surface area (Å²) in [6.45, 7) is 4.02. The third-order valence-electron chi connectivity index (χ3n) is 4.01. The molecule has 0 N–H and O–H groups in total. The van der Waals surface area contributed by atoms with E-state index < -0.39 is 27.1 Å². The smallest absolute Gasteiger partial charge is 0.279 e. The van der Waals surface area contributed by atoms with Crippen molar-refractivity contribution in [2.45, 2.75) is 13.3 Å². The molecule has 23 heavy (non-hydrogen) atoms. The van der Waals surface area contributed by atoms with Crippen LogP contribution < -0.4 is 0 Å². The van der Waals surface area contributed by atoms with Gasteiger partial charge in [0, 0.05) is 31.3 Å². The quantitative estimate of drug-likeness (QED) is 0.617. The van der Waals surface area contributed by atoms with Gasteiger partial charge in [-0.05, 0) is 26.9 Å². The highest BCUT2D eigenvalue weighted by Gasteiger charge is 2.27. The van der Waals surface area contributed by atoms with Crippen molar-refractivity contribution in [2.24, 2.45) is 0 Å². The summed E-state index contributed by atoms with van der Waals surface area (Å²) in [7, 11) is 1.96. The van der Waals surface area contributed by atoms with Crippen molar-refractivity contribution < 1.29 is 14.6 Å². The summed E-state index contributed by atoms with van der Waals surface area (Å²) in [5.74, 6) is -0.399. The minimum atomic E-state index is -0.723. The highest BCUT2D eigenvalue weighted by molar-refractivity contribution is 5.97. The van der Waals surface area contributed by atoms with Gasteiger partial charge in [-0.3, -0.25) is 25.0 Å². The molecule has 124 valence electrons. The Bertz CT molecular complexity index is 661. The zero-order valence-corrected chi connectivity index (χ0v) is 13.0. The van der Waals surface area contributed by atoms with Gasteiger partial charge >= 0.3 is 0 Å². The van der Waals surface area contributed by atoms with E-state index in [0.717, 1.165) is 25.1 Å². The molecule has 0 radical (unpaired) electrons. The van der Waals surface area contributed by atoms with Crippen LogP contribution in [0.25, 0.3) is 0 Å². The maximum atomic E-state index is 12.7. The summed E-state index contributed by atoms with van der Waals surface area (Å²) < 4.78 is 0. The number of benzene rings is 1. The number of hydrogen-bond acceptors (Lipinski definition) is 6. The molecule has 9 heteroatoms. The van der Waals surface area contributed by atoms with Gasteiger partial charge < -0.3 is 9.80 Å². The molecule has 0 aliphatic carbocycles. The van der Waals surface area contributed by atoms with Crippen LogP contribution in [0.4, 0.5) is 11.4 Å². The van der Waals surface area contributed by atoms with Crippen LogP contribution in [0.15, 0.2) is 12.1 Å². The first-order valence-electron chi connectivity index (χ1n) is 7.22. The minimum absolute atomic E-state index is 0.0236. The molecule has 0 spiro atoms. The maximum Gasteiger partial charge on any atom is 0.279 e. The molecule has 1 aromatic carbocycles. The first kappa shape index (κ1) is 16.8. The van der Waals surface area contributed by atoms with E-state index in [4.69, 9.17) is 0 Å². The van der Waals surface area contributed by atoms with E-state index in [0.29, 0.717) is 19.6 Å². The summed E-state index contributed by atoms with van der Waals surface area (Å²) in [6, 6.07) is 2.02. The zero-order valence-electron chi connectivity index (χ0n) is 13.0. The standard InChI is InChI=1S/C14H18N4O5/c1-10-12(8-11(17(20)21)9-13(10)18(22)23)14(19)16-5-3-4-15(2)6-7-16/h8-9H,3-7H2,1-2H3. The Morgan fingerprint density at radius 3 is 2.39 bits per heavy atom. The predicted octanol–water partition coefficient (Wildman–Crippen LogP) is 1.59. The number of nitro groups is 2. The Morgan fingerprint density at radius 1 is 1.09 bits per heavy atom. The fraction of sp³-hybridized carbons (Fsp3) is 0.500. The molecule has 0 atom stereocenters. The van der Waals surface area contributed by atoms with E-state index in [2.05, 4.69) is 4.90 Å². The van der Waals surface area contributed by atoms with Gasteiger partial charge in [-0.25, -0.2) is 0 Å². The topological polar surface area (TPSA) is 110 Å². The van der Waals surface area contributed by atoms with Crippen molar-refractivity contribution in [3.05, 3.63) is 43.5 Å². The molecule has 1 saturated heterocycles. The van der Waals surface area contributed by atoms with E-state index in [1.807, 2.05) is 7.05 Å². The van der Waals surface area contributed by atoms with Gasteiger partial charge in [0.15, 0.2) is 0 Å². The second-order valence-corrected chi connectivity index (χ2v) is 5.60. The van der Waals surface area contributed by atoms with E-state index in [9.17, 15) is 25.0 Å². The molecule has 1 aliphatic rings. The molecule has 0 unspecified atom stereocenters. The first-order chi connectivity index (χ1) is 10.8. The van der Waals surface area contributed by atoms with Gasteiger partial charge in [0.05, 0.1) is 21.5 Å². The Balaban J connectivity index is 2.42. The third kappa shape index (κ3) is 3.62. The lowest BCUT2D eigenvalue weighted by Crippen LogP contribution is -2.35. The Hall–Kier alpha value is -2.55. The SMILES string of the molecule is Cc1c(C(=O)N2CCCN(C)CC2)cc([N+](=O)[O-])cc1[N+](=O)[O-]. The lowest BCUT2D eigenvalue weighted by atomic mass is 10.0.